The molecule has 3 aromatic rings. The van der Waals surface area contributed by atoms with Gasteiger partial charge in [-0.05, 0) is 31.2 Å². The normalized spacial score (nSPS) is 15.3. The molecule has 0 aliphatic carbocycles. The number of sulfonamides is 1. The van der Waals surface area contributed by atoms with Crippen LogP contribution in [0.2, 0.25) is 0 Å². The van der Waals surface area contributed by atoms with Gasteiger partial charge in [0.25, 0.3) is 5.91 Å². The van der Waals surface area contributed by atoms with Crippen LogP contribution in [-0.2, 0) is 19.5 Å². The molecule has 1 atom stereocenters. The predicted octanol–water partition coefficient (Wildman–Crippen LogP) is 2.28. The Bertz CT molecular complexity index is 1260. The number of aromatic amines is 1. The number of H-pyrrole nitrogens is 1. The third-order valence-corrected chi connectivity index (χ3v) is 7.07. The van der Waals surface area contributed by atoms with Crippen molar-refractivity contribution in [2.24, 2.45) is 0 Å². The fraction of sp³-hybridized carbons (Fsp3) is 0.348. The molecule has 3 heterocycles. The van der Waals surface area contributed by atoms with Gasteiger partial charge in [-0.1, -0.05) is 0 Å². The molecule has 13 heteroatoms. The number of anilines is 1. The number of aromatic nitrogens is 3. The minimum absolute atomic E-state index is 0.0908. The van der Waals surface area contributed by atoms with Gasteiger partial charge in [-0.25, -0.2) is 8.42 Å². The molecular formula is C23H27N5O7S. The van der Waals surface area contributed by atoms with Crippen molar-refractivity contribution >= 4 is 21.7 Å². The summed E-state index contributed by atoms with van der Waals surface area (Å²) in [5, 5.41) is 9.21. The first-order valence-electron chi connectivity index (χ1n) is 11.2. The number of hydrogen-bond acceptors (Lipinski definition) is 9. The van der Waals surface area contributed by atoms with Crippen LogP contribution in [0.1, 0.15) is 17.3 Å². The molecule has 0 radical (unpaired) electrons. The van der Waals surface area contributed by atoms with E-state index in [1.807, 2.05) is 0 Å². The van der Waals surface area contributed by atoms with Crippen molar-refractivity contribution in [2.75, 3.05) is 45.3 Å². The van der Waals surface area contributed by atoms with E-state index in [2.05, 4.69) is 20.5 Å². The average molecular weight is 518 g/mol. The van der Waals surface area contributed by atoms with Crippen molar-refractivity contribution in [3.8, 4) is 17.5 Å². The van der Waals surface area contributed by atoms with Gasteiger partial charge in [0, 0.05) is 44.6 Å². The maximum Gasteiger partial charge on any atom is 0.257 e. The molecule has 0 unspecified atom stereocenters. The minimum atomic E-state index is -3.63. The second-order valence-corrected chi connectivity index (χ2v) is 9.86. The number of carbonyl (C=O) groups is 1. The molecule has 0 bridgehead atoms. The van der Waals surface area contributed by atoms with E-state index in [4.69, 9.17) is 18.9 Å². The molecule has 36 heavy (non-hydrogen) atoms. The summed E-state index contributed by atoms with van der Waals surface area (Å²) in [6.45, 7) is 3.47. The summed E-state index contributed by atoms with van der Waals surface area (Å²) in [5.41, 5.74) is 0.231. The molecule has 1 aliphatic heterocycles. The van der Waals surface area contributed by atoms with Crippen molar-refractivity contribution in [2.45, 2.75) is 17.9 Å². The summed E-state index contributed by atoms with van der Waals surface area (Å²) >= 11 is 0. The van der Waals surface area contributed by atoms with Crippen molar-refractivity contribution in [3.05, 3.63) is 54.2 Å². The Morgan fingerprint density at radius 1 is 1.17 bits per heavy atom. The van der Waals surface area contributed by atoms with Crippen LogP contribution in [-0.4, -0.2) is 79.9 Å². The SMILES string of the molecule is COC[C@@H](C)Oc1cc(C(=O)Nc2cc[nH]n2)cc(Oc2ccc(S(=O)(=O)N3CCOCC3)cc2)n1. The Kier molecular flexibility index (Phi) is 8.15. The standard InChI is InChI=1S/C23H27N5O7S/c1-16(15-32-2)34-21-13-17(23(29)25-20-7-8-24-27-20)14-22(26-21)35-18-3-5-19(6-4-18)36(30,31)28-9-11-33-12-10-28/h3-8,13-14,16H,9-12,15H2,1-2H3,(H2,24,25,27,29)/t16-/m1/s1. The van der Waals surface area contributed by atoms with Crippen LogP contribution < -0.4 is 14.8 Å². The van der Waals surface area contributed by atoms with Crippen LogP contribution in [0.4, 0.5) is 5.82 Å². The van der Waals surface area contributed by atoms with Crippen LogP contribution >= 0.6 is 0 Å². The highest BCUT2D eigenvalue weighted by Crippen LogP contribution is 2.27. The summed E-state index contributed by atoms with van der Waals surface area (Å²) in [5.74, 6) is 0.505. The third-order valence-electron chi connectivity index (χ3n) is 5.16. The van der Waals surface area contributed by atoms with Gasteiger partial charge >= 0.3 is 0 Å². The maximum absolute atomic E-state index is 12.8. The minimum Gasteiger partial charge on any atom is -0.472 e. The average Bonchev–Trinajstić information content (AvgIpc) is 3.38. The summed E-state index contributed by atoms with van der Waals surface area (Å²) in [7, 11) is -2.08. The smallest absolute Gasteiger partial charge is 0.257 e. The highest BCUT2D eigenvalue weighted by molar-refractivity contribution is 7.89. The van der Waals surface area contributed by atoms with Gasteiger partial charge in [0.15, 0.2) is 5.82 Å². The Morgan fingerprint density at radius 2 is 1.89 bits per heavy atom. The molecule has 0 saturated carbocycles. The van der Waals surface area contributed by atoms with E-state index >= 15 is 0 Å². The summed E-state index contributed by atoms with van der Waals surface area (Å²) in [6, 6.07) is 10.5. The van der Waals surface area contributed by atoms with E-state index in [0.29, 0.717) is 44.5 Å². The van der Waals surface area contributed by atoms with Gasteiger partial charge in [-0.3, -0.25) is 9.89 Å². The summed E-state index contributed by atoms with van der Waals surface area (Å²) < 4.78 is 49.0. The van der Waals surface area contributed by atoms with Crippen molar-refractivity contribution < 1.29 is 32.2 Å². The number of carbonyl (C=O) groups excluding carboxylic acids is 1. The van der Waals surface area contributed by atoms with E-state index in [1.54, 1.807) is 26.3 Å². The number of benzene rings is 1. The highest BCUT2D eigenvalue weighted by atomic mass is 32.2. The molecule has 1 amide bonds. The van der Waals surface area contributed by atoms with Gasteiger partial charge in [-0.15, -0.1) is 0 Å². The van der Waals surface area contributed by atoms with E-state index in [1.165, 1.54) is 40.7 Å². The van der Waals surface area contributed by atoms with Gasteiger partial charge in [-0.2, -0.15) is 14.4 Å². The van der Waals surface area contributed by atoms with E-state index in [-0.39, 0.29) is 28.3 Å². The number of morpholine rings is 1. The second-order valence-electron chi connectivity index (χ2n) is 7.92. The molecule has 1 saturated heterocycles. The Hall–Kier alpha value is -3.52. The number of methoxy groups -OCH3 is 1. The largest absolute Gasteiger partial charge is 0.472 e. The molecule has 2 N–H and O–H groups in total. The number of nitrogens with zero attached hydrogens (tertiary/aromatic N) is 3. The van der Waals surface area contributed by atoms with Gasteiger partial charge in [0.1, 0.15) is 11.9 Å². The first kappa shape index (κ1) is 25.6. The Morgan fingerprint density at radius 3 is 2.56 bits per heavy atom. The first-order chi connectivity index (χ1) is 17.3. The van der Waals surface area contributed by atoms with Crippen molar-refractivity contribution in [3.63, 3.8) is 0 Å². The first-order valence-corrected chi connectivity index (χ1v) is 12.6. The van der Waals surface area contributed by atoms with E-state index in [0.717, 1.165) is 0 Å². The van der Waals surface area contributed by atoms with Crippen molar-refractivity contribution in [1.29, 1.82) is 0 Å². The van der Waals surface area contributed by atoms with Crippen LogP contribution in [0, 0.1) is 0 Å². The predicted molar refractivity (Wildman–Crippen MR) is 129 cm³/mol. The van der Waals surface area contributed by atoms with E-state index < -0.39 is 15.9 Å². The van der Waals surface area contributed by atoms with Gasteiger partial charge in [0.05, 0.1) is 30.3 Å². The number of rotatable bonds is 10. The highest BCUT2D eigenvalue weighted by Gasteiger charge is 2.26. The van der Waals surface area contributed by atoms with Crippen molar-refractivity contribution in [1.82, 2.24) is 19.5 Å². The lowest BCUT2D eigenvalue weighted by atomic mass is 10.2. The number of pyridine rings is 1. The second kappa shape index (κ2) is 11.5. The van der Waals surface area contributed by atoms with Crippen LogP contribution in [0.15, 0.2) is 53.6 Å². The molecule has 1 aromatic carbocycles. The zero-order chi connectivity index (χ0) is 25.5. The molecule has 192 valence electrons. The molecular weight excluding hydrogens is 490 g/mol. The molecule has 2 aromatic heterocycles. The monoisotopic (exact) mass is 517 g/mol. The quantitative estimate of drug-likeness (QED) is 0.414. The van der Waals surface area contributed by atoms with E-state index in [9.17, 15) is 13.2 Å². The van der Waals surface area contributed by atoms with Gasteiger partial charge < -0.3 is 24.3 Å². The molecule has 12 nitrogen and oxygen atoms in total. The maximum atomic E-state index is 12.8. The van der Waals surface area contributed by atoms with Gasteiger partial charge in [0.2, 0.25) is 21.8 Å². The van der Waals surface area contributed by atoms with Crippen LogP contribution in [0.5, 0.6) is 17.5 Å². The summed E-state index contributed by atoms with van der Waals surface area (Å²) in [6.07, 6.45) is 1.25. The molecule has 4 rings (SSSR count). The lowest BCUT2D eigenvalue weighted by molar-refractivity contribution is 0.0730. The Labute approximate surface area is 208 Å². The lowest BCUT2D eigenvalue weighted by Gasteiger charge is -2.26. The molecule has 0 spiro atoms. The number of amides is 1. The zero-order valence-corrected chi connectivity index (χ0v) is 20.7. The number of hydrogen-bond donors (Lipinski definition) is 2. The number of ether oxygens (including phenoxy) is 4. The summed E-state index contributed by atoms with van der Waals surface area (Å²) in [4.78, 5) is 17.3. The third kappa shape index (κ3) is 6.37. The fourth-order valence-corrected chi connectivity index (χ4v) is 4.86. The topological polar surface area (TPSA) is 145 Å². The zero-order valence-electron chi connectivity index (χ0n) is 19.8. The molecule has 1 fully saturated rings. The molecule has 1 aliphatic rings. The number of nitrogens with one attached hydrogen (secondary N) is 2. The Balaban J connectivity index is 1.55. The fourth-order valence-electron chi connectivity index (χ4n) is 3.45. The lowest BCUT2D eigenvalue weighted by Crippen LogP contribution is -2.40. The van der Waals surface area contributed by atoms with Crippen LogP contribution in [0.3, 0.4) is 0 Å². The van der Waals surface area contributed by atoms with Crippen LogP contribution in [0.25, 0.3) is 0 Å².